The summed E-state index contributed by atoms with van der Waals surface area (Å²) in [5, 5.41) is 16.4. The fraction of sp³-hybridized carbons (Fsp3) is 0.154. The van der Waals surface area contributed by atoms with Crippen molar-refractivity contribution in [3.8, 4) is 17.7 Å². The van der Waals surface area contributed by atoms with Gasteiger partial charge in [0.2, 0.25) is 0 Å². The first-order valence-corrected chi connectivity index (χ1v) is 5.17. The summed E-state index contributed by atoms with van der Waals surface area (Å²) in [5.74, 6) is 0.926. The largest absolute Gasteiger partial charge is 0.436 e. The molecule has 0 saturated heterocycles. The van der Waals surface area contributed by atoms with Crippen molar-refractivity contribution < 1.29 is 4.74 Å². The Labute approximate surface area is 99.5 Å². The van der Waals surface area contributed by atoms with Crippen LogP contribution >= 0.6 is 0 Å². The molecule has 17 heavy (non-hydrogen) atoms. The molecule has 0 bridgehead atoms. The lowest BCUT2D eigenvalue weighted by Crippen LogP contribution is -1.95. The minimum Gasteiger partial charge on any atom is -0.436 e. The van der Waals surface area contributed by atoms with E-state index in [-0.39, 0.29) is 5.88 Å². The molecule has 2 aromatic rings. The van der Waals surface area contributed by atoms with Gasteiger partial charge in [0.25, 0.3) is 5.88 Å². The Balaban J connectivity index is 2.35. The number of rotatable bonds is 2. The highest BCUT2D eigenvalue weighted by atomic mass is 16.5. The van der Waals surface area contributed by atoms with Crippen LogP contribution in [0.3, 0.4) is 0 Å². The Morgan fingerprint density at radius 3 is 2.76 bits per heavy atom. The van der Waals surface area contributed by atoms with E-state index in [2.05, 4.69) is 10.2 Å². The standard InChI is InChI=1S/C13H11N3O/c1-9-3-4-12(10(2)7-9)17-13-11(8-14)5-6-15-16-13/h3-7H,1-2H3. The zero-order chi connectivity index (χ0) is 12.3. The van der Waals surface area contributed by atoms with Crippen molar-refractivity contribution in [2.24, 2.45) is 0 Å². The molecule has 0 unspecified atom stereocenters. The molecule has 0 atom stereocenters. The molecule has 0 amide bonds. The number of hydrogen-bond donors (Lipinski definition) is 0. The van der Waals surface area contributed by atoms with E-state index in [0.717, 1.165) is 11.1 Å². The number of hydrogen-bond acceptors (Lipinski definition) is 4. The van der Waals surface area contributed by atoms with Crippen molar-refractivity contribution in [1.82, 2.24) is 10.2 Å². The molecule has 1 heterocycles. The predicted octanol–water partition coefficient (Wildman–Crippen LogP) is 2.76. The Morgan fingerprint density at radius 2 is 2.06 bits per heavy atom. The molecule has 0 fully saturated rings. The maximum absolute atomic E-state index is 8.91. The molecule has 1 aromatic heterocycles. The smallest absolute Gasteiger partial charge is 0.256 e. The average molecular weight is 225 g/mol. The van der Waals surface area contributed by atoms with Gasteiger partial charge >= 0.3 is 0 Å². The second-order valence-corrected chi connectivity index (χ2v) is 3.73. The molecule has 0 N–H and O–H groups in total. The Kier molecular flexibility index (Phi) is 3.01. The second-order valence-electron chi connectivity index (χ2n) is 3.73. The van der Waals surface area contributed by atoms with E-state index in [0.29, 0.717) is 11.3 Å². The third-order valence-corrected chi connectivity index (χ3v) is 2.34. The molecule has 2 rings (SSSR count). The number of nitriles is 1. The van der Waals surface area contributed by atoms with E-state index < -0.39 is 0 Å². The maximum atomic E-state index is 8.91. The van der Waals surface area contributed by atoms with Crippen LogP contribution in [0, 0.1) is 25.2 Å². The highest BCUT2D eigenvalue weighted by Gasteiger charge is 2.07. The first-order valence-electron chi connectivity index (χ1n) is 5.17. The van der Waals surface area contributed by atoms with Crippen molar-refractivity contribution in [2.45, 2.75) is 13.8 Å². The number of ether oxygens (including phenoxy) is 1. The lowest BCUT2D eigenvalue weighted by Gasteiger charge is -2.08. The predicted molar refractivity (Wildman–Crippen MR) is 62.7 cm³/mol. The lowest BCUT2D eigenvalue weighted by molar-refractivity contribution is 0.450. The maximum Gasteiger partial charge on any atom is 0.256 e. The molecule has 84 valence electrons. The summed E-state index contributed by atoms with van der Waals surface area (Å²) in [5.41, 5.74) is 2.54. The first-order chi connectivity index (χ1) is 8.20. The van der Waals surface area contributed by atoms with E-state index in [1.54, 1.807) is 6.07 Å². The van der Waals surface area contributed by atoms with Crippen LogP contribution in [0.2, 0.25) is 0 Å². The van der Waals surface area contributed by atoms with E-state index in [1.165, 1.54) is 6.20 Å². The molecule has 0 spiro atoms. The van der Waals surface area contributed by atoms with E-state index in [4.69, 9.17) is 10.00 Å². The van der Waals surface area contributed by atoms with Crippen LogP contribution in [0.5, 0.6) is 11.6 Å². The Morgan fingerprint density at radius 1 is 1.24 bits per heavy atom. The second kappa shape index (κ2) is 4.62. The van der Waals surface area contributed by atoms with Gasteiger partial charge in [-0.05, 0) is 31.5 Å². The van der Waals surface area contributed by atoms with Crippen LogP contribution in [-0.2, 0) is 0 Å². The molecule has 0 aliphatic carbocycles. The van der Waals surface area contributed by atoms with E-state index >= 15 is 0 Å². The molecular formula is C13H11N3O. The van der Waals surface area contributed by atoms with Crippen LogP contribution in [0.4, 0.5) is 0 Å². The quantitative estimate of drug-likeness (QED) is 0.788. The fourth-order valence-corrected chi connectivity index (χ4v) is 1.50. The van der Waals surface area contributed by atoms with Gasteiger partial charge in [0.05, 0.1) is 6.20 Å². The summed E-state index contributed by atoms with van der Waals surface area (Å²) in [7, 11) is 0. The molecule has 0 saturated carbocycles. The minimum absolute atomic E-state index is 0.238. The fourth-order valence-electron chi connectivity index (χ4n) is 1.50. The third kappa shape index (κ3) is 2.40. The van der Waals surface area contributed by atoms with Crippen molar-refractivity contribution in [2.75, 3.05) is 0 Å². The highest BCUT2D eigenvalue weighted by molar-refractivity contribution is 5.42. The summed E-state index contributed by atoms with van der Waals surface area (Å²) in [6.45, 7) is 3.96. The number of benzene rings is 1. The van der Waals surface area contributed by atoms with Gasteiger partial charge in [-0.25, -0.2) is 0 Å². The molecule has 4 nitrogen and oxygen atoms in total. The van der Waals surface area contributed by atoms with Crippen molar-refractivity contribution >= 4 is 0 Å². The number of aryl methyl sites for hydroxylation is 2. The minimum atomic E-state index is 0.238. The monoisotopic (exact) mass is 225 g/mol. The van der Waals surface area contributed by atoms with Crippen LogP contribution in [-0.4, -0.2) is 10.2 Å². The van der Waals surface area contributed by atoms with Gasteiger partial charge in [0.15, 0.2) is 0 Å². The summed E-state index contributed by atoms with van der Waals surface area (Å²) < 4.78 is 5.59. The molecule has 4 heteroatoms. The topological polar surface area (TPSA) is 58.8 Å². The van der Waals surface area contributed by atoms with Gasteiger partial charge in [-0.3, -0.25) is 0 Å². The summed E-state index contributed by atoms with van der Waals surface area (Å²) in [6, 6.07) is 9.42. The lowest BCUT2D eigenvalue weighted by atomic mass is 10.1. The zero-order valence-electron chi connectivity index (χ0n) is 9.64. The van der Waals surface area contributed by atoms with Crippen LogP contribution < -0.4 is 4.74 Å². The van der Waals surface area contributed by atoms with Gasteiger partial charge in [0, 0.05) is 0 Å². The van der Waals surface area contributed by atoms with Crippen LogP contribution in [0.15, 0.2) is 30.5 Å². The average Bonchev–Trinajstić information content (AvgIpc) is 2.33. The molecule has 1 aromatic carbocycles. The van der Waals surface area contributed by atoms with Gasteiger partial charge in [-0.15, -0.1) is 5.10 Å². The Hall–Kier alpha value is -2.41. The Bertz CT molecular complexity index is 587. The zero-order valence-corrected chi connectivity index (χ0v) is 9.64. The van der Waals surface area contributed by atoms with Gasteiger partial charge in [-0.2, -0.15) is 10.4 Å². The van der Waals surface area contributed by atoms with Crippen LogP contribution in [0.1, 0.15) is 16.7 Å². The number of aromatic nitrogens is 2. The molecule has 0 aliphatic rings. The van der Waals surface area contributed by atoms with Crippen molar-refractivity contribution in [3.05, 3.63) is 47.2 Å². The van der Waals surface area contributed by atoms with Gasteiger partial charge in [0.1, 0.15) is 17.4 Å². The van der Waals surface area contributed by atoms with Crippen molar-refractivity contribution in [3.63, 3.8) is 0 Å². The molecular weight excluding hydrogens is 214 g/mol. The molecule has 0 radical (unpaired) electrons. The van der Waals surface area contributed by atoms with Crippen molar-refractivity contribution in [1.29, 1.82) is 5.26 Å². The van der Waals surface area contributed by atoms with Gasteiger partial charge < -0.3 is 4.74 Å². The van der Waals surface area contributed by atoms with E-state index in [1.807, 2.05) is 38.1 Å². The van der Waals surface area contributed by atoms with E-state index in [9.17, 15) is 0 Å². The van der Waals surface area contributed by atoms with Gasteiger partial charge in [-0.1, -0.05) is 17.7 Å². The first kappa shape index (κ1) is 11.1. The number of nitrogens with zero attached hydrogens (tertiary/aromatic N) is 3. The highest BCUT2D eigenvalue weighted by Crippen LogP contribution is 2.25. The van der Waals surface area contributed by atoms with Crippen LogP contribution in [0.25, 0.3) is 0 Å². The summed E-state index contributed by atoms with van der Waals surface area (Å²) in [6.07, 6.45) is 1.47. The summed E-state index contributed by atoms with van der Waals surface area (Å²) >= 11 is 0. The normalized spacial score (nSPS) is 9.71. The SMILES string of the molecule is Cc1ccc(Oc2nnccc2C#N)c(C)c1. The third-order valence-electron chi connectivity index (χ3n) is 2.34. The summed E-state index contributed by atoms with van der Waals surface area (Å²) in [4.78, 5) is 0. The molecule has 0 aliphatic heterocycles.